The summed E-state index contributed by atoms with van der Waals surface area (Å²) < 4.78 is 0. The molecule has 2 aromatic carbocycles. The van der Waals surface area contributed by atoms with Crippen LogP contribution in [-0.2, 0) is 24.0 Å². The lowest BCUT2D eigenvalue weighted by Crippen LogP contribution is -2.50. The highest BCUT2D eigenvalue weighted by Gasteiger charge is 2.40. The van der Waals surface area contributed by atoms with Gasteiger partial charge in [-0.05, 0) is 66.6 Å². The van der Waals surface area contributed by atoms with Gasteiger partial charge in [0.1, 0.15) is 23.9 Å². The second-order valence-corrected chi connectivity index (χ2v) is 12.9. The Morgan fingerprint density at radius 2 is 1.33 bits per heavy atom. The fourth-order valence-electron chi connectivity index (χ4n) is 5.25. The smallest absolute Gasteiger partial charge is 0.326 e. The van der Waals surface area contributed by atoms with Crippen LogP contribution in [0.15, 0.2) is 60.7 Å². The van der Waals surface area contributed by atoms with Gasteiger partial charge in [-0.2, -0.15) is 0 Å². The number of aromatic hydroxyl groups is 1. The SMILES string of the molecule is CC(=O)N1CC(c2ccc(NC(=O)Nc3ccc(O)cc3)cc2)CC1C(=O)NC(C/C=C/CC(NC(=O)CC(C)(C)C)C(=O)O)C(=O)O. The normalized spacial score (nSPS) is 17.3. The summed E-state index contributed by atoms with van der Waals surface area (Å²) in [6, 6.07) is 9.00. The van der Waals surface area contributed by atoms with Gasteiger partial charge in [-0.3, -0.25) is 14.4 Å². The Morgan fingerprint density at radius 3 is 1.81 bits per heavy atom. The molecule has 14 nitrogen and oxygen atoms in total. The quantitative estimate of drug-likeness (QED) is 0.123. The fourth-order valence-corrected chi connectivity index (χ4v) is 5.25. The summed E-state index contributed by atoms with van der Waals surface area (Å²) in [5, 5.41) is 38.9. The molecule has 1 fully saturated rings. The van der Waals surface area contributed by atoms with Crippen LogP contribution in [0.25, 0.3) is 0 Å². The highest BCUT2D eigenvalue weighted by atomic mass is 16.4. The Balaban J connectivity index is 1.58. The van der Waals surface area contributed by atoms with E-state index in [0.29, 0.717) is 11.4 Å². The molecule has 1 heterocycles. The Hall–Kier alpha value is -5.40. The summed E-state index contributed by atoms with van der Waals surface area (Å²) >= 11 is 0. The van der Waals surface area contributed by atoms with Gasteiger partial charge in [0.25, 0.3) is 0 Å². The van der Waals surface area contributed by atoms with Crippen LogP contribution in [0, 0.1) is 5.41 Å². The van der Waals surface area contributed by atoms with E-state index < -0.39 is 47.9 Å². The van der Waals surface area contributed by atoms with E-state index in [1.165, 1.54) is 36.1 Å². The molecule has 1 saturated heterocycles. The van der Waals surface area contributed by atoms with Crippen molar-refractivity contribution in [2.75, 3.05) is 17.2 Å². The molecule has 1 aliphatic rings. The standard InChI is InChI=1S/C34H43N5O9/c1-20(40)39-19-22(21-9-11-23(12-10-21)35-33(48)36-24-13-15-25(41)16-14-24)17-28(39)30(43)38-27(32(46)47)8-6-5-7-26(31(44)45)37-29(42)18-34(2,3)4/h5-6,9-16,22,26-28,41H,7-8,17-19H2,1-4H3,(H,37,42)(H,38,43)(H,44,45)(H,46,47)(H2,35,36,48)/b6-5+. The number of rotatable bonds is 13. The number of urea groups is 1. The maximum Gasteiger partial charge on any atom is 0.326 e. The summed E-state index contributed by atoms with van der Waals surface area (Å²) in [4.78, 5) is 75.2. The minimum absolute atomic E-state index is 0.0734. The lowest BCUT2D eigenvalue weighted by Gasteiger charge is -2.24. The molecular formula is C34H43N5O9. The van der Waals surface area contributed by atoms with Crippen LogP contribution in [0.3, 0.4) is 0 Å². The topological polar surface area (TPSA) is 214 Å². The third-order valence-corrected chi connectivity index (χ3v) is 7.62. The molecule has 0 radical (unpaired) electrons. The average molecular weight is 666 g/mol. The maximum absolute atomic E-state index is 13.3. The van der Waals surface area contributed by atoms with Crippen molar-refractivity contribution < 1.29 is 44.1 Å². The fraction of sp³-hybridized carbons (Fsp3) is 0.412. The van der Waals surface area contributed by atoms with Gasteiger partial charge in [-0.15, -0.1) is 0 Å². The molecule has 48 heavy (non-hydrogen) atoms. The van der Waals surface area contributed by atoms with Crippen molar-refractivity contribution in [1.29, 1.82) is 0 Å². The number of carbonyl (C=O) groups is 6. The molecule has 0 saturated carbocycles. The molecule has 0 aliphatic carbocycles. The van der Waals surface area contributed by atoms with E-state index >= 15 is 0 Å². The number of hydrogen-bond donors (Lipinski definition) is 7. The number of anilines is 2. The van der Waals surface area contributed by atoms with Gasteiger partial charge in [0.15, 0.2) is 0 Å². The van der Waals surface area contributed by atoms with Crippen molar-refractivity contribution >= 4 is 47.1 Å². The van der Waals surface area contributed by atoms with E-state index in [0.717, 1.165) is 5.56 Å². The van der Waals surface area contributed by atoms with Crippen molar-refractivity contribution in [3.8, 4) is 5.75 Å². The molecule has 0 spiro atoms. The highest BCUT2D eigenvalue weighted by Crippen LogP contribution is 2.33. The molecule has 5 amide bonds. The van der Waals surface area contributed by atoms with Crippen LogP contribution in [0.4, 0.5) is 16.2 Å². The molecule has 3 rings (SSSR count). The van der Waals surface area contributed by atoms with Crippen molar-refractivity contribution in [3.05, 3.63) is 66.2 Å². The number of phenolic OH excluding ortho intramolecular Hbond substituents is 1. The van der Waals surface area contributed by atoms with Crippen LogP contribution < -0.4 is 21.3 Å². The minimum Gasteiger partial charge on any atom is -0.508 e. The second kappa shape index (κ2) is 16.4. The van der Waals surface area contributed by atoms with E-state index in [1.807, 2.05) is 20.8 Å². The van der Waals surface area contributed by atoms with Crippen LogP contribution in [0.5, 0.6) is 5.75 Å². The lowest BCUT2D eigenvalue weighted by atomic mass is 9.92. The summed E-state index contributed by atoms with van der Waals surface area (Å²) in [6.45, 7) is 7.12. The number of likely N-dealkylation sites (tertiary alicyclic amines) is 1. The van der Waals surface area contributed by atoms with Gasteiger partial charge in [-0.25, -0.2) is 14.4 Å². The van der Waals surface area contributed by atoms with Crippen molar-refractivity contribution in [2.24, 2.45) is 5.41 Å². The van der Waals surface area contributed by atoms with Gasteiger partial charge in [-0.1, -0.05) is 45.1 Å². The summed E-state index contributed by atoms with van der Waals surface area (Å²) in [5.74, 6) is -4.07. The van der Waals surface area contributed by atoms with E-state index in [1.54, 1.807) is 36.4 Å². The second-order valence-electron chi connectivity index (χ2n) is 12.9. The lowest BCUT2D eigenvalue weighted by molar-refractivity contribution is -0.143. The largest absolute Gasteiger partial charge is 0.508 e. The first-order chi connectivity index (χ1) is 22.5. The Morgan fingerprint density at radius 1 is 0.833 bits per heavy atom. The Bertz CT molecular complexity index is 1520. The number of nitrogens with zero attached hydrogens (tertiary/aromatic N) is 1. The van der Waals surface area contributed by atoms with Gasteiger partial charge >= 0.3 is 18.0 Å². The van der Waals surface area contributed by atoms with Crippen LogP contribution >= 0.6 is 0 Å². The molecule has 14 heteroatoms. The van der Waals surface area contributed by atoms with Gasteiger partial charge in [0.2, 0.25) is 17.7 Å². The van der Waals surface area contributed by atoms with Gasteiger partial charge < -0.3 is 41.5 Å². The minimum atomic E-state index is -1.33. The van der Waals surface area contributed by atoms with Crippen molar-refractivity contribution in [1.82, 2.24) is 15.5 Å². The van der Waals surface area contributed by atoms with Crippen molar-refractivity contribution in [2.45, 2.75) is 77.4 Å². The first kappa shape index (κ1) is 37.1. The summed E-state index contributed by atoms with van der Waals surface area (Å²) in [6.07, 6.45) is 3.04. The van der Waals surface area contributed by atoms with Gasteiger partial charge in [0.05, 0.1) is 0 Å². The number of aliphatic carboxylic acids is 2. The Labute approximate surface area is 278 Å². The van der Waals surface area contributed by atoms with E-state index in [2.05, 4.69) is 21.3 Å². The third kappa shape index (κ3) is 11.4. The number of benzene rings is 2. The van der Waals surface area contributed by atoms with Crippen molar-refractivity contribution in [3.63, 3.8) is 0 Å². The Kier molecular flexibility index (Phi) is 12.7. The van der Waals surface area contributed by atoms with E-state index in [9.17, 15) is 44.1 Å². The summed E-state index contributed by atoms with van der Waals surface area (Å²) in [5.41, 5.74) is 1.49. The number of carboxylic acid groups (broad SMARTS) is 2. The highest BCUT2D eigenvalue weighted by molar-refractivity contribution is 5.99. The molecule has 0 aromatic heterocycles. The van der Waals surface area contributed by atoms with E-state index in [4.69, 9.17) is 0 Å². The third-order valence-electron chi connectivity index (χ3n) is 7.62. The number of hydrogen-bond acceptors (Lipinski definition) is 7. The number of nitrogens with one attached hydrogen (secondary N) is 4. The maximum atomic E-state index is 13.3. The van der Waals surface area contributed by atoms with Crippen LogP contribution in [0.2, 0.25) is 0 Å². The number of carboxylic acids is 2. The zero-order chi connectivity index (χ0) is 35.6. The van der Waals surface area contributed by atoms with E-state index in [-0.39, 0.29) is 55.2 Å². The number of carbonyl (C=O) groups excluding carboxylic acids is 4. The molecule has 7 N–H and O–H groups in total. The zero-order valence-corrected chi connectivity index (χ0v) is 27.4. The molecule has 0 bridgehead atoms. The molecule has 2 aromatic rings. The first-order valence-electron chi connectivity index (χ1n) is 15.5. The number of amides is 5. The monoisotopic (exact) mass is 665 g/mol. The molecule has 4 atom stereocenters. The molecular weight excluding hydrogens is 622 g/mol. The first-order valence-corrected chi connectivity index (χ1v) is 15.5. The predicted molar refractivity (Wildman–Crippen MR) is 177 cm³/mol. The predicted octanol–water partition coefficient (Wildman–Crippen LogP) is 3.65. The molecule has 4 unspecified atom stereocenters. The van der Waals surface area contributed by atoms with Crippen LogP contribution in [0.1, 0.15) is 64.9 Å². The number of phenols is 1. The average Bonchev–Trinajstić information content (AvgIpc) is 3.44. The molecule has 1 aliphatic heterocycles. The van der Waals surface area contributed by atoms with Crippen LogP contribution in [-0.4, -0.2) is 80.6 Å². The van der Waals surface area contributed by atoms with Gasteiger partial charge in [0, 0.05) is 37.2 Å². The summed E-state index contributed by atoms with van der Waals surface area (Å²) in [7, 11) is 0. The molecule has 258 valence electrons. The zero-order valence-electron chi connectivity index (χ0n) is 27.4.